The summed E-state index contributed by atoms with van der Waals surface area (Å²) < 4.78 is 2.45. The summed E-state index contributed by atoms with van der Waals surface area (Å²) in [5.74, 6) is 0. The van der Waals surface area contributed by atoms with Crippen LogP contribution in [0.4, 0.5) is 0 Å². The predicted molar refractivity (Wildman–Crippen MR) is 266 cm³/mol. The van der Waals surface area contributed by atoms with Gasteiger partial charge in [-0.1, -0.05) is 191 Å². The van der Waals surface area contributed by atoms with E-state index in [9.17, 15) is 0 Å². The van der Waals surface area contributed by atoms with Gasteiger partial charge in [-0.25, -0.2) is 0 Å². The fourth-order valence-electron chi connectivity index (χ4n) is 11.6. The van der Waals surface area contributed by atoms with E-state index >= 15 is 0 Å². The molecule has 11 aromatic rings. The molecule has 0 bridgehead atoms. The molecule has 63 heavy (non-hydrogen) atoms. The molecule has 0 spiro atoms. The minimum atomic E-state index is -0.0263. The summed E-state index contributed by atoms with van der Waals surface area (Å²) in [6, 6.07) is 75.2. The fourth-order valence-corrected chi connectivity index (χ4v) is 11.6. The third-order valence-electron chi connectivity index (χ3n) is 14.8. The number of nitrogens with zero attached hydrogens (tertiary/aromatic N) is 1. The van der Waals surface area contributed by atoms with Crippen molar-refractivity contribution in [2.24, 2.45) is 0 Å². The van der Waals surface area contributed by atoms with Gasteiger partial charge in [0, 0.05) is 27.3 Å². The number of hydrogen-bond donors (Lipinski definition) is 0. The van der Waals surface area contributed by atoms with Gasteiger partial charge < -0.3 is 4.57 Å². The van der Waals surface area contributed by atoms with Crippen LogP contribution in [-0.4, -0.2) is 4.57 Å². The lowest BCUT2D eigenvalue weighted by Gasteiger charge is -2.22. The number of para-hydroxylation sites is 1. The first kappa shape index (κ1) is 36.2. The molecular formula is C62H45N. The zero-order chi connectivity index (χ0) is 42.2. The van der Waals surface area contributed by atoms with E-state index in [1.54, 1.807) is 0 Å². The summed E-state index contributed by atoms with van der Waals surface area (Å²) in [5.41, 5.74) is 24.6. The van der Waals surface area contributed by atoms with E-state index in [0.717, 1.165) is 0 Å². The monoisotopic (exact) mass is 803 g/mol. The molecule has 0 fully saturated rings. The van der Waals surface area contributed by atoms with Crippen molar-refractivity contribution < 1.29 is 0 Å². The second kappa shape index (κ2) is 13.0. The van der Waals surface area contributed by atoms with Crippen LogP contribution in [0.5, 0.6) is 0 Å². The van der Waals surface area contributed by atoms with Crippen molar-refractivity contribution in [2.75, 3.05) is 0 Å². The maximum absolute atomic E-state index is 2.45. The van der Waals surface area contributed by atoms with E-state index < -0.39 is 0 Å². The van der Waals surface area contributed by atoms with Gasteiger partial charge in [-0.15, -0.1) is 0 Å². The summed E-state index contributed by atoms with van der Waals surface area (Å²) in [6.45, 7) is 9.42. The number of fused-ring (bicyclic) bond motifs is 6. The van der Waals surface area contributed by atoms with E-state index in [4.69, 9.17) is 0 Å². The Morgan fingerprint density at radius 3 is 1.11 bits per heavy atom. The summed E-state index contributed by atoms with van der Waals surface area (Å²) in [7, 11) is 0. The van der Waals surface area contributed by atoms with Crippen LogP contribution < -0.4 is 0 Å². The van der Waals surface area contributed by atoms with Gasteiger partial charge in [0.05, 0.1) is 11.0 Å². The van der Waals surface area contributed by atoms with Crippen molar-refractivity contribution in [3.8, 4) is 72.4 Å². The highest BCUT2D eigenvalue weighted by Crippen LogP contribution is 2.52. The van der Waals surface area contributed by atoms with Gasteiger partial charge in [0.25, 0.3) is 0 Å². The van der Waals surface area contributed by atoms with E-state index in [1.807, 2.05) is 0 Å². The van der Waals surface area contributed by atoms with Crippen molar-refractivity contribution >= 4 is 32.6 Å². The lowest BCUT2D eigenvalue weighted by molar-refractivity contribution is 0.660. The largest absolute Gasteiger partial charge is 0.309 e. The second-order valence-corrected chi connectivity index (χ2v) is 18.9. The Hall–Kier alpha value is -7.48. The summed E-state index contributed by atoms with van der Waals surface area (Å²) >= 11 is 0. The van der Waals surface area contributed by atoms with Crippen LogP contribution in [-0.2, 0) is 10.8 Å². The van der Waals surface area contributed by atoms with Crippen LogP contribution in [0, 0.1) is 0 Å². The van der Waals surface area contributed by atoms with Gasteiger partial charge in [-0.05, 0) is 136 Å². The highest BCUT2D eigenvalue weighted by molar-refractivity contribution is 6.28. The van der Waals surface area contributed by atoms with Crippen molar-refractivity contribution in [3.05, 3.63) is 222 Å². The molecule has 0 saturated heterocycles. The smallest absolute Gasteiger partial charge is 0.0547 e. The molecule has 2 aliphatic rings. The molecule has 1 heteroatoms. The molecule has 298 valence electrons. The maximum Gasteiger partial charge on any atom is 0.0547 e. The predicted octanol–water partition coefficient (Wildman–Crippen LogP) is 16.7. The van der Waals surface area contributed by atoms with Crippen LogP contribution in [0.1, 0.15) is 49.9 Å². The Bertz CT molecular complexity index is 3410. The Morgan fingerprint density at radius 1 is 0.286 bits per heavy atom. The lowest BCUT2D eigenvalue weighted by Crippen LogP contribution is -2.14. The van der Waals surface area contributed by atoms with Gasteiger partial charge in [-0.3, -0.25) is 0 Å². The molecule has 13 rings (SSSR count). The van der Waals surface area contributed by atoms with E-state index in [0.29, 0.717) is 0 Å². The van der Waals surface area contributed by atoms with Crippen LogP contribution >= 0.6 is 0 Å². The Kier molecular flexibility index (Phi) is 7.48. The Balaban J connectivity index is 0.899. The van der Waals surface area contributed by atoms with Crippen LogP contribution in [0.15, 0.2) is 200 Å². The van der Waals surface area contributed by atoms with Crippen LogP contribution in [0.2, 0.25) is 0 Å². The Labute approximate surface area is 368 Å². The topological polar surface area (TPSA) is 4.93 Å². The number of rotatable bonds is 5. The van der Waals surface area contributed by atoms with Gasteiger partial charge in [0.1, 0.15) is 0 Å². The average molecular weight is 804 g/mol. The van der Waals surface area contributed by atoms with Gasteiger partial charge in [-0.2, -0.15) is 0 Å². The summed E-state index contributed by atoms with van der Waals surface area (Å²) in [5, 5.41) is 5.18. The molecule has 0 radical (unpaired) electrons. The number of benzene rings is 10. The third kappa shape index (κ3) is 5.11. The minimum absolute atomic E-state index is 0.0263. The average Bonchev–Trinajstić information content (AvgIpc) is 3.88. The molecule has 0 atom stereocenters. The van der Waals surface area contributed by atoms with E-state index in [-0.39, 0.29) is 10.8 Å². The molecule has 1 aromatic heterocycles. The molecule has 0 saturated carbocycles. The van der Waals surface area contributed by atoms with Gasteiger partial charge in [0.2, 0.25) is 0 Å². The van der Waals surface area contributed by atoms with Crippen molar-refractivity contribution in [2.45, 2.75) is 38.5 Å². The van der Waals surface area contributed by atoms with Crippen LogP contribution in [0.3, 0.4) is 0 Å². The minimum Gasteiger partial charge on any atom is -0.309 e. The molecule has 0 amide bonds. The normalized spacial score (nSPS) is 14.3. The van der Waals surface area contributed by atoms with Gasteiger partial charge in [0.15, 0.2) is 0 Å². The number of hydrogen-bond acceptors (Lipinski definition) is 0. The summed E-state index contributed by atoms with van der Waals surface area (Å²) in [6.07, 6.45) is 0. The molecular weight excluding hydrogens is 759 g/mol. The van der Waals surface area contributed by atoms with Crippen molar-refractivity contribution in [1.29, 1.82) is 0 Å². The summed E-state index contributed by atoms with van der Waals surface area (Å²) in [4.78, 5) is 0. The maximum atomic E-state index is 2.45. The standard InChI is InChI=1S/C62H45N/c1-61(2)53-16-10-8-14-47(53)49-28-26-42(36-55(49)61)38-18-22-40(23-19-38)45-32-34-57-59-51(45)30-31-52-46(33-35-58(60(52)59)63(57)44-12-6-5-7-13-44)41-24-20-39(21-25-41)43-27-29-50-48-15-9-11-17-54(48)62(3,4)56(50)37-43/h5-37H,1-4H3. The molecule has 2 aliphatic carbocycles. The third-order valence-corrected chi connectivity index (χ3v) is 14.8. The molecule has 1 heterocycles. The highest BCUT2D eigenvalue weighted by Gasteiger charge is 2.36. The quantitative estimate of drug-likeness (QED) is 0.153. The zero-order valence-corrected chi connectivity index (χ0v) is 36.0. The number of aromatic nitrogens is 1. The fraction of sp³-hybridized carbons (Fsp3) is 0.0968. The molecule has 0 aliphatic heterocycles. The Morgan fingerprint density at radius 2 is 0.651 bits per heavy atom. The van der Waals surface area contributed by atoms with Gasteiger partial charge >= 0.3 is 0 Å². The molecule has 0 N–H and O–H groups in total. The second-order valence-electron chi connectivity index (χ2n) is 18.9. The lowest BCUT2D eigenvalue weighted by atomic mass is 9.81. The van der Waals surface area contributed by atoms with E-state index in [2.05, 4.69) is 232 Å². The first-order valence-corrected chi connectivity index (χ1v) is 22.3. The van der Waals surface area contributed by atoms with Crippen LogP contribution in [0.25, 0.3) is 105 Å². The molecule has 10 aromatic carbocycles. The highest BCUT2D eigenvalue weighted by atomic mass is 15.0. The molecule has 0 unspecified atom stereocenters. The zero-order valence-electron chi connectivity index (χ0n) is 36.0. The molecule has 1 nitrogen and oxygen atoms in total. The van der Waals surface area contributed by atoms with Crippen molar-refractivity contribution in [1.82, 2.24) is 4.57 Å². The first-order chi connectivity index (χ1) is 30.8. The van der Waals surface area contributed by atoms with Crippen molar-refractivity contribution in [3.63, 3.8) is 0 Å². The van der Waals surface area contributed by atoms with E-state index in [1.165, 1.54) is 127 Å². The first-order valence-electron chi connectivity index (χ1n) is 22.3. The SMILES string of the molecule is CC1(C)c2ccccc2-c2ccc(-c3ccc(-c4ccc5c6c4ccc4c(-c7ccc(-c8ccc9c(c8)C(C)(C)c8ccccc8-9)cc7)ccc(c46)n5-c4ccccc4)cc3)cc21.